The molecule has 6 nitrogen and oxygen atoms in total. The van der Waals surface area contributed by atoms with Crippen LogP contribution in [0.4, 0.5) is 0 Å². The van der Waals surface area contributed by atoms with Crippen LogP contribution < -0.4 is 5.73 Å². The van der Waals surface area contributed by atoms with Gasteiger partial charge in [-0.05, 0) is 32.8 Å². The van der Waals surface area contributed by atoms with Crippen LogP contribution in [0.2, 0.25) is 0 Å². The van der Waals surface area contributed by atoms with Gasteiger partial charge in [0.1, 0.15) is 5.82 Å². The lowest BCUT2D eigenvalue weighted by atomic mass is 10.4. The molecule has 0 spiro atoms. The predicted molar refractivity (Wildman–Crippen MR) is 78.4 cm³/mol. The van der Waals surface area contributed by atoms with Crippen LogP contribution in [0.3, 0.4) is 0 Å². The van der Waals surface area contributed by atoms with Crippen LogP contribution in [0.15, 0.2) is 11.2 Å². The van der Waals surface area contributed by atoms with Gasteiger partial charge in [-0.2, -0.15) is 5.10 Å². The van der Waals surface area contributed by atoms with E-state index in [1.54, 1.807) is 11.8 Å². The Kier molecular flexibility index (Phi) is 3.80. The Morgan fingerprint density at radius 3 is 2.85 bits per heavy atom. The van der Waals surface area contributed by atoms with Crippen LogP contribution in [0, 0.1) is 6.92 Å². The summed E-state index contributed by atoms with van der Waals surface area (Å²) in [6.07, 6.45) is 2.43. The van der Waals surface area contributed by atoms with Crippen molar-refractivity contribution in [2.24, 2.45) is 5.73 Å². The Hall–Kier alpha value is -1.34. The molecule has 2 heterocycles. The van der Waals surface area contributed by atoms with Crippen molar-refractivity contribution in [3.05, 3.63) is 23.3 Å². The van der Waals surface area contributed by atoms with Gasteiger partial charge in [0.25, 0.3) is 0 Å². The minimum Gasteiger partial charge on any atom is -0.324 e. The van der Waals surface area contributed by atoms with Crippen LogP contribution >= 0.6 is 11.8 Å². The van der Waals surface area contributed by atoms with Crippen molar-refractivity contribution >= 4 is 11.8 Å². The van der Waals surface area contributed by atoms with E-state index < -0.39 is 0 Å². The van der Waals surface area contributed by atoms with Gasteiger partial charge in [0.2, 0.25) is 0 Å². The molecule has 3 rings (SSSR count). The van der Waals surface area contributed by atoms with E-state index in [0.29, 0.717) is 12.6 Å². The Bertz CT molecular complexity index is 598. The lowest BCUT2D eigenvalue weighted by molar-refractivity contribution is 0.622. The second kappa shape index (κ2) is 5.57. The molecule has 2 aromatic heterocycles. The van der Waals surface area contributed by atoms with Crippen LogP contribution in [0.5, 0.6) is 0 Å². The Balaban J connectivity index is 1.76. The Labute approximate surface area is 122 Å². The molecule has 1 fully saturated rings. The fraction of sp³-hybridized carbons (Fsp3) is 0.615. The molecular weight excluding hydrogens is 272 g/mol. The lowest BCUT2D eigenvalue weighted by Gasteiger charge is -2.08. The quantitative estimate of drug-likeness (QED) is 0.823. The van der Waals surface area contributed by atoms with Gasteiger partial charge < -0.3 is 10.3 Å². The molecule has 2 N–H and O–H groups in total. The molecule has 1 saturated carbocycles. The van der Waals surface area contributed by atoms with Crippen molar-refractivity contribution in [2.45, 2.75) is 56.7 Å². The first kappa shape index (κ1) is 13.6. The smallest absolute Gasteiger partial charge is 0.191 e. The van der Waals surface area contributed by atoms with Crippen molar-refractivity contribution in [1.82, 2.24) is 24.5 Å². The normalized spacial score (nSPS) is 14.9. The number of rotatable bonds is 6. The fourth-order valence-electron chi connectivity index (χ4n) is 2.37. The third kappa shape index (κ3) is 2.60. The highest BCUT2D eigenvalue weighted by molar-refractivity contribution is 7.98. The first-order valence-corrected chi connectivity index (χ1v) is 8.01. The summed E-state index contributed by atoms with van der Waals surface area (Å²) in [6.45, 7) is 5.49. The monoisotopic (exact) mass is 292 g/mol. The van der Waals surface area contributed by atoms with Crippen LogP contribution in [-0.4, -0.2) is 24.5 Å². The number of nitrogens with two attached hydrogens (primary N) is 1. The van der Waals surface area contributed by atoms with E-state index in [1.165, 1.54) is 18.5 Å². The molecule has 0 amide bonds. The van der Waals surface area contributed by atoms with E-state index in [1.807, 2.05) is 11.6 Å². The standard InChI is InChI=1S/C13H20N6S/c1-3-18-11(6-9(2)17-18)8-20-13-16-15-12(7-14)19(13)10-4-5-10/h6,10H,3-5,7-8,14H2,1-2H3. The van der Waals surface area contributed by atoms with Gasteiger partial charge in [0.05, 0.1) is 12.2 Å². The fourth-order valence-corrected chi connectivity index (χ4v) is 3.37. The van der Waals surface area contributed by atoms with Crippen molar-refractivity contribution in [3.8, 4) is 0 Å². The van der Waals surface area contributed by atoms with Crippen LogP contribution in [-0.2, 0) is 18.8 Å². The van der Waals surface area contributed by atoms with Gasteiger partial charge in [-0.1, -0.05) is 11.8 Å². The third-order valence-electron chi connectivity index (χ3n) is 3.46. The zero-order chi connectivity index (χ0) is 14.1. The van der Waals surface area contributed by atoms with Crippen molar-refractivity contribution in [3.63, 3.8) is 0 Å². The topological polar surface area (TPSA) is 74.6 Å². The number of thioether (sulfide) groups is 1. The maximum absolute atomic E-state index is 5.74. The molecule has 1 aliphatic carbocycles. The van der Waals surface area contributed by atoms with E-state index in [9.17, 15) is 0 Å². The van der Waals surface area contributed by atoms with Gasteiger partial charge in [-0.25, -0.2) is 0 Å². The molecule has 0 aliphatic heterocycles. The summed E-state index contributed by atoms with van der Waals surface area (Å²) in [5.41, 5.74) is 8.03. The average molecular weight is 292 g/mol. The number of nitrogens with zero attached hydrogens (tertiary/aromatic N) is 5. The van der Waals surface area contributed by atoms with Crippen LogP contribution in [0.1, 0.15) is 43.0 Å². The maximum atomic E-state index is 5.74. The summed E-state index contributed by atoms with van der Waals surface area (Å²) in [4.78, 5) is 0. The highest BCUT2D eigenvalue weighted by Crippen LogP contribution is 2.39. The Morgan fingerprint density at radius 1 is 1.40 bits per heavy atom. The van der Waals surface area contributed by atoms with E-state index >= 15 is 0 Å². The zero-order valence-corrected chi connectivity index (χ0v) is 12.7. The minimum absolute atomic E-state index is 0.454. The van der Waals surface area contributed by atoms with E-state index in [0.717, 1.165) is 29.0 Å². The number of hydrogen-bond acceptors (Lipinski definition) is 5. The summed E-state index contributed by atoms with van der Waals surface area (Å²) < 4.78 is 4.26. The summed E-state index contributed by atoms with van der Waals surface area (Å²) in [7, 11) is 0. The molecule has 0 saturated heterocycles. The maximum Gasteiger partial charge on any atom is 0.191 e. The van der Waals surface area contributed by atoms with Crippen molar-refractivity contribution in [1.29, 1.82) is 0 Å². The summed E-state index contributed by atoms with van der Waals surface area (Å²) in [5.74, 6) is 1.76. The van der Waals surface area contributed by atoms with Gasteiger partial charge in [0.15, 0.2) is 5.16 Å². The summed E-state index contributed by atoms with van der Waals surface area (Å²) >= 11 is 1.72. The number of hydrogen-bond donors (Lipinski definition) is 1. The first-order valence-electron chi connectivity index (χ1n) is 7.03. The van der Waals surface area contributed by atoms with Crippen molar-refractivity contribution < 1.29 is 0 Å². The molecule has 0 radical (unpaired) electrons. The summed E-state index contributed by atoms with van der Waals surface area (Å²) in [5, 5.41) is 13.9. The van der Waals surface area contributed by atoms with Gasteiger partial charge in [-0.3, -0.25) is 4.68 Å². The highest BCUT2D eigenvalue weighted by Gasteiger charge is 2.29. The Morgan fingerprint density at radius 2 is 2.20 bits per heavy atom. The lowest BCUT2D eigenvalue weighted by Crippen LogP contribution is -2.08. The second-order valence-corrected chi connectivity index (χ2v) is 6.03. The molecule has 7 heteroatoms. The predicted octanol–water partition coefficient (Wildman–Crippen LogP) is 1.89. The number of aromatic nitrogens is 5. The first-order chi connectivity index (χ1) is 9.72. The van der Waals surface area contributed by atoms with Crippen molar-refractivity contribution in [2.75, 3.05) is 0 Å². The van der Waals surface area contributed by atoms with Crippen LogP contribution in [0.25, 0.3) is 0 Å². The largest absolute Gasteiger partial charge is 0.324 e. The van der Waals surface area contributed by atoms with E-state index in [-0.39, 0.29) is 0 Å². The molecule has 0 aromatic carbocycles. The minimum atomic E-state index is 0.454. The second-order valence-electron chi connectivity index (χ2n) is 5.09. The molecule has 2 aromatic rings. The summed E-state index contributed by atoms with van der Waals surface area (Å²) in [6, 6.07) is 2.70. The third-order valence-corrected chi connectivity index (χ3v) is 4.44. The van der Waals surface area contributed by atoms with E-state index in [2.05, 4.69) is 32.9 Å². The van der Waals surface area contributed by atoms with Gasteiger partial charge in [-0.15, -0.1) is 10.2 Å². The molecule has 0 atom stereocenters. The molecule has 0 unspecified atom stereocenters. The molecule has 108 valence electrons. The average Bonchev–Trinajstić information content (AvgIpc) is 3.10. The molecule has 1 aliphatic rings. The molecule has 20 heavy (non-hydrogen) atoms. The SMILES string of the molecule is CCn1nc(C)cc1CSc1nnc(CN)n1C1CC1. The molecule has 0 bridgehead atoms. The van der Waals surface area contributed by atoms with Gasteiger partial charge in [0, 0.05) is 24.0 Å². The number of aryl methyl sites for hydroxylation is 2. The highest BCUT2D eigenvalue weighted by atomic mass is 32.2. The molecular formula is C13H20N6S. The van der Waals surface area contributed by atoms with E-state index in [4.69, 9.17) is 5.73 Å². The van der Waals surface area contributed by atoms with Gasteiger partial charge >= 0.3 is 0 Å². The zero-order valence-electron chi connectivity index (χ0n) is 11.9.